The van der Waals surface area contributed by atoms with Crippen LogP contribution in [-0.4, -0.2) is 68.1 Å². The summed E-state index contributed by atoms with van der Waals surface area (Å²) in [6.07, 6.45) is 4.28. The lowest BCUT2D eigenvalue weighted by molar-refractivity contribution is 0.123. The number of anilines is 2. The van der Waals surface area contributed by atoms with Gasteiger partial charge in [-0.25, -0.2) is 30.2 Å². The van der Waals surface area contributed by atoms with Crippen LogP contribution in [0.15, 0.2) is 90.1 Å². The molecule has 1 aliphatic heterocycles. The Bertz CT molecular complexity index is 2500. The standard InChI is InChI=1S/C37H37FN6O5S2/c1-24-8-11-31(12-9-24)51(47,48)44-23-33(36-25(2)40-43(26(36)3)22-27-6-5-7-30(38)18-27)32-19-29(21-39-37(32)44)28-10-13-35(42-14-16-49-17-15-42)34(20-28)41-50(4,45)46/h5-13,18-21,23,41H,14-17,22H2,1-4H3. The van der Waals surface area contributed by atoms with Crippen LogP contribution in [0.5, 0.6) is 0 Å². The van der Waals surface area contributed by atoms with E-state index < -0.39 is 20.0 Å². The van der Waals surface area contributed by atoms with Gasteiger partial charge in [0.1, 0.15) is 5.82 Å². The largest absolute Gasteiger partial charge is 0.378 e. The normalized spacial score (nSPS) is 13.9. The number of ether oxygens (including phenoxy) is 1. The number of nitrogens with zero attached hydrogens (tertiary/aromatic N) is 5. The number of benzene rings is 3. The van der Waals surface area contributed by atoms with Crippen LogP contribution in [0.2, 0.25) is 0 Å². The average Bonchev–Trinajstić information content (AvgIpc) is 3.60. The number of pyridine rings is 1. The molecule has 51 heavy (non-hydrogen) atoms. The van der Waals surface area contributed by atoms with E-state index in [1.54, 1.807) is 53.5 Å². The van der Waals surface area contributed by atoms with Crippen LogP contribution in [0.1, 0.15) is 22.5 Å². The van der Waals surface area contributed by atoms with Crippen LogP contribution < -0.4 is 9.62 Å². The van der Waals surface area contributed by atoms with E-state index in [2.05, 4.69) is 9.62 Å². The van der Waals surface area contributed by atoms with Crippen molar-refractivity contribution < 1.29 is 26.0 Å². The number of rotatable bonds is 9. The highest BCUT2D eigenvalue weighted by Crippen LogP contribution is 2.39. The van der Waals surface area contributed by atoms with Crippen LogP contribution in [-0.2, 0) is 31.3 Å². The van der Waals surface area contributed by atoms with Crippen molar-refractivity contribution in [2.45, 2.75) is 32.2 Å². The Labute approximate surface area is 296 Å². The van der Waals surface area contributed by atoms with Crippen molar-refractivity contribution in [2.75, 3.05) is 42.2 Å². The highest BCUT2D eigenvalue weighted by Gasteiger charge is 2.27. The molecule has 14 heteroatoms. The second-order valence-electron chi connectivity index (χ2n) is 12.8. The van der Waals surface area contributed by atoms with Gasteiger partial charge in [-0.2, -0.15) is 5.10 Å². The molecule has 0 atom stereocenters. The molecule has 264 valence electrons. The molecule has 1 aliphatic rings. The van der Waals surface area contributed by atoms with Crippen LogP contribution in [0.4, 0.5) is 15.8 Å². The van der Waals surface area contributed by atoms with E-state index in [4.69, 9.17) is 14.8 Å². The summed E-state index contributed by atoms with van der Waals surface area (Å²) in [5.41, 5.74) is 7.14. The Morgan fingerprint density at radius 1 is 0.902 bits per heavy atom. The molecule has 7 rings (SSSR count). The van der Waals surface area contributed by atoms with Gasteiger partial charge >= 0.3 is 0 Å². The number of aryl methyl sites for hydroxylation is 2. The molecular weight excluding hydrogens is 692 g/mol. The molecule has 0 unspecified atom stereocenters. The van der Waals surface area contributed by atoms with E-state index in [1.165, 1.54) is 16.1 Å². The maximum atomic E-state index is 14.2. The van der Waals surface area contributed by atoms with E-state index in [1.807, 2.05) is 45.0 Å². The van der Waals surface area contributed by atoms with E-state index >= 15 is 0 Å². The Morgan fingerprint density at radius 3 is 2.35 bits per heavy atom. The van der Waals surface area contributed by atoms with Crippen molar-refractivity contribution in [3.63, 3.8) is 0 Å². The van der Waals surface area contributed by atoms with E-state index in [-0.39, 0.29) is 16.4 Å². The maximum absolute atomic E-state index is 14.2. The highest BCUT2D eigenvalue weighted by atomic mass is 32.2. The van der Waals surface area contributed by atoms with Crippen LogP contribution >= 0.6 is 0 Å². The fourth-order valence-electron chi connectivity index (χ4n) is 6.57. The molecule has 1 saturated heterocycles. The van der Waals surface area contributed by atoms with Gasteiger partial charge in [-0.15, -0.1) is 0 Å². The van der Waals surface area contributed by atoms with Gasteiger partial charge in [-0.1, -0.05) is 35.9 Å². The first-order valence-corrected chi connectivity index (χ1v) is 19.7. The fraction of sp³-hybridized carbons (Fsp3) is 0.243. The number of halogens is 1. The van der Waals surface area contributed by atoms with Crippen molar-refractivity contribution in [1.29, 1.82) is 0 Å². The topological polar surface area (TPSA) is 128 Å². The zero-order valence-electron chi connectivity index (χ0n) is 28.6. The number of nitrogens with one attached hydrogen (secondary N) is 1. The summed E-state index contributed by atoms with van der Waals surface area (Å²) in [6, 6.07) is 20.4. The number of sulfonamides is 1. The van der Waals surface area contributed by atoms with E-state index in [9.17, 15) is 21.2 Å². The minimum Gasteiger partial charge on any atom is -0.378 e. The van der Waals surface area contributed by atoms with Crippen LogP contribution in [0.3, 0.4) is 0 Å². The zero-order chi connectivity index (χ0) is 36.1. The SMILES string of the molecule is Cc1ccc(S(=O)(=O)n2cc(-c3c(C)nn(Cc4cccc(F)c4)c3C)c3cc(-c4ccc(N5CCOCC5)c(NS(C)(=O)=O)c4)cnc32)cc1. The third-order valence-electron chi connectivity index (χ3n) is 9.04. The Kier molecular flexibility index (Phi) is 8.94. The smallest absolute Gasteiger partial charge is 0.269 e. The first kappa shape index (κ1) is 34.4. The summed E-state index contributed by atoms with van der Waals surface area (Å²) in [7, 11) is -7.68. The molecule has 0 radical (unpaired) electrons. The van der Waals surface area contributed by atoms with Gasteiger partial charge < -0.3 is 9.64 Å². The fourth-order valence-corrected chi connectivity index (χ4v) is 8.46. The van der Waals surface area contributed by atoms with Crippen molar-refractivity contribution in [3.8, 4) is 22.3 Å². The van der Waals surface area contributed by atoms with Crippen LogP contribution in [0, 0.1) is 26.6 Å². The predicted molar refractivity (Wildman–Crippen MR) is 197 cm³/mol. The van der Waals surface area contributed by atoms with Crippen molar-refractivity contribution in [2.24, 2.45) is 0 Å². The molecule has 0 bridgehead atoms. The molecule has 0 saturated carbocycles. The molecule has 6 aromatic rings. The molecule has 3 aromatic heterocycles. The number of hydrogen-bond acceptors (Lipinski definition) is 8. The van der Waals surface area contributed by atoms with Gasteiger partial charge in [0.05, 0.1) is 48.0 Å². The molecule has 3 aromatic carbocycles. The first-order chi connectivity index (χ1) is 24.3. The first-order valence-electron chi connectivity index (χ1n) is 16.4. The van der Waals surface area contributed by atoms with Gasteiger partial charge in [-0.3, -0.25) is 9.40 Å². The average molecular weight is 729 g/mol. The summed E-state index contributed by atoms with van der Waals surface area (Å²) in [4.78, 5) is 6.91. The molecule has 0 aliphatic carbocycles. The molecule has 4 heterocycles. The van der Waals surface area contributed by atoms with Gasteiger partial charge in [0.2, 0.25) is 10.0 Å². The third-order valence-corrected chi connectivity index (χ3v) is 11.3. The Balaban J connectivity index is 1.40. The van der Waals surface area contributed by atoms with Crippen molar-refractivity contribution >= 4 is 42.5 Å². The number of morpholine rings is 1. The molecule has 1 fully saturated rings. The van der Waals surface area contributed by atoms with Gasteiger partial charge in [0.25, 0.3) is 10.0 Å². The molecule has 11 nitrogen and oxygen atoms in total. The van der Waals surface area contributed by atoms with Crippen molar-refractivity contribution in [3.05, 3.63) is 114 Å². The quantitative estimate of drug-likeness (QED) is 0.189. The van der Waals surface area contributed by atoms with E-state index in [0.717, 1.165) is 34.3 Å². The van der Waals surface area contributed by atoms with Gasteiger partial charge in [0, 0.05) is 53.3 Å². The summed E-state index contributed by atoms with van der Waals surface area (Å²) < 4.78 is 78.4. The predicted octanol–water partition coefficient (Wildman–Crippen LogP) is 6.12. The van der Waals surface area contributed by atoms with E-state index in [0.29, 0.717) is 66.3 Å². The molecule has 0 amide bonds. The number of aromatic nitrogens is 4. The Morgan fingerprint density at radius 2 is 1.65 bits per heavy atom. The summed E-state index contributed by atoms with van der Waals surface area (Å²) >= 11 is 0. The number of hydrogen-bond donors (Lipinski definition) is 1. The van der Waals surface area contributed by atoms with Crippen LogP contribution in [0.25, 0.3) is 33.3 Å². The minimum atomic E-state index is -4.07. The second-order valence-corrected chi connectivity index (χ2v) is 16.4. The summed E-state index contributed by atoms with van der Waals surface area (Å²) in [6.45, 7) is 8.25. The van der Waals surface area contributed by atoms with Gasteiger partial charge in [-0.05, 0) is 74.4 Å². The lowest BCUT2D eigenvalue weighted by atomic mass is 10.0. The summed E-state index contributed by atoms with van der Waals surface area (Å²) in [5.74, 6) is -0.342. The second kappa shape index (κ2) is 13.2. The third kappa shape index (κ3) is 6.86. The lowest BCUT2D eigenvalue weighted by Gasteiger charge is -2.30. The molecule has 1 N–H and O–H groups in total. The number of fused-ring (bicyclic) bond motifs is 1. The zero-order valence-corrected chi connectivity index (χ0v) is 30.2. The lowest BCUT2D eigenvalue weighted by Crippen LogP contribution is -2.36. The maximum Gasteiger partial charge on any atom is 0.269 e. The summed E-state index contributed by atoms with van der Waals surface area (Å²) in [5, 5.41) is 5.34. The monoisotopic (exact) mass is 728 g/mol. The highest BCUT2D eigenvalue weighted by molar-refractivity contribution is 7.92. The molecular formula is C37H37FN6O5S2. The minimum absolute atomic E-state index is 0.118. The molecule has 0 spiro atoms. The van der Waals surface area contributed by atoms with Crippen molar-refractivity contribution in [1.82, 2.24) is 18.7 Å². The van der Waals surface area contributed by atoms with Gasteiger partial charge in [0.15, 0.2) is 5.65 Å². The Hall–Kier alpha value is -5.05.